The molecule has 0 atom stereocenters. The van der Waals surface area contributed by atoms with Gasteiger partial charge < -0.3 is 16.5 Å². The summed E-state index contributed by atoms with van der Waals surface area (Å²) in [5.74, 6) is -0.174. The van der Waals surface area contributed by atoms with Crippen LogP contribution in [0.3, 0.4) is 0 Å². The van der Waals surface area contributed by atoms with Crippen LogP contribution in [0, 0.1) is 0 Å². The van der Waals surface area contributed by atoms with Crippen molar-refractivity contribution in [1.29, 1.82) is 0 Å². The highest BCUT2D eigenvalue weighted by atomic mass is 16.1. The molecule has 0 saturated carbocycles. The largest absolute Gasteiger partial charge is 0.383 e. The van der Waals surface area contributed by atoms with E-state index in [4.69, 9.17) is 11.5 Å². The fourth-order valence-electron chi connectivity index (χ4n) is 2.83. The number of pyridine rings is 2. The first kappa shape index (κ1) is 13.3. The maximum Gasteiger partial charge on any atom is 0.252 e. The molecule has 6 nitrogen and oxygen atoms in total. The fraction of sp³-hybridized carbons (Fsp3) is 0. The molecule has 0 aliphatic carbocycles. The van der Waals surface area contributed by atoms with Crippen molar-refractivity contribution in [2.75, 3.05) is 5.73 Å². The van der Waals surface area contributed by atoms with Crippen LogP contribution in [0.15, 0.2) is 48.9 Å². The van der Waals surface area contributed by atoms with E-state index in [0.29, 0.717) is 22.3 Å². The van der Waals surface area contributed by atoms with Gasteiger partial charge in [-0.1, -0.05) is 18.2 Å². The molecule has 0 radical (unpaired) electrons. The van der Waals surface area contributed by atoms with Crippen LogP contribution in [0.5, 0.6) is 0 Å². The zero-order valence-electron chi connectivity index (χ0n) is 12.1. The molecule has 1 amide bonds. The summed E-state index contributed by atoms with van der Waals surface area (Å²) in [4.78, 5) is 23.1. The van der Waals surface area contributed by atoms with Gasteiger partial charge in [0.2, 0.25) is 0 Å². The average Bonchev–Trinajstić information content (AvgIpc) is 2.94. The summed E-state index contributed by atoms with van der Waals surface area (Å²) in [6.45, 7) is 0. The second-order valence-corrected chi connectivity index (χ2v) is 5.30. The first-order valence-corrected chi connectivity index (χ1v) is 7.05. The molecule has 0 spiro atoms. The van der Waals surface area contributed by atoms with Crippen LogP contribution in [0.4, 0.5) is 5.82 Å². The number of benzene rings is 1. The third kappa shape index (κ3) is 2.00. The molecule has 23 heavy (non-hydrogen) atoms. The number of hydrogen-bond acceptors (Lipinski definition) is 4. The standard InChI is InChI=1S/C17H13N5O/c18-16-14-11-4-3-9(10-2-1-5-20-7-10)6-13(11)22-15(14)12(8-21-16)17(19)23/h1-8,22H,(H2,18,21)(H2,19,23). The van der Waals surface area contributed by atoms with Crippen LogP contribution in [-0.4, -0.2) is 20.9 Å². The Morgan fingerprint density at radius 1 is 1.13 bits per heavy atom. The first-order valence-electron chi connectivity index (χ1n) is 7.05. The lowest BCUT2D eigenvalue weighted by molar-refractivity contribution is 0.100. The lowest BCUT2D eigenvalue weighted by Gasteiger charge is -2.01. The molecule has 3 heterocycles. The number of carbonyl (C=O) groups excluding carboxylic acids is 1. The molecular formula is C17H13N5O. The predicted octanol–water partition coefficient (Wildman–Crippen LogP) is 2.46. The van der Waals surface area contributed by atoms with E-state index in [1.807, 2.05) is 30.3 Å². The van der Waals surface area contributed by atoms with Crippen LogP contribution >= 0.6 is 0 Å². The number of anilines is 1. The van der Waals surface area contributed by atoms with Gasteiger partial charge in [0.15, 0.2) is 0 Å². The number of hydrogen-bond donors (Lipinski definition) is 3. The number of nitrogens with two attached hydrogens (primary N) is 2. The molecule has 5 N–H and O–H groups in total. The van der Waals surface area contributed by atoms with Gasteiger partial charge >= 0.3 is 0 Å². The molecule has 0 unspecified atom stereocenters. The Hall–Kier alpha value is -3.41. The van der Waals surface area contributed by atoms with Crippen LogP contribution in [0.25, 0.3) is 32.9 Å². The third-order valence-electron chi connectivity index (χ3n) is 3.92. The van der Waals surface area contributed by atoms with Gasteiger partial charge in [-0.05, 0) is 17.7 Å². The first-order chi connectivity index (χ1) is 11.1. The molecule has 1 aromatic carbocycles. The van der Waals surface area contributed by atoms with Gasteiger partial charge in [-0.3, -0.25) is 9.78 Å². The number of nitrogens with one attached hydrogen (secondary N) is 1. The van der Waals surface area contributed by atoms with E-state index in [0.717, 1.165) is 22.0 Å². The quantitative estimate of drug-likeness (QED) is 0.528. The summed E-state index contributed by atoms with van der Waals surface area (Å²) in [6.07, 6.45) is 4.93. The number of fused-ring (bicyclic) bond motifs is 3. The van der Waals surface area contributed by atoms with Crippen LogP contribution in [-0.2, 0) is 0 Å². The van der Waals surface area contributed by atoms with Crippen molar-refractivity contribution >= 4 is 33.5 Å². The molecule has 4 aromatic rings. The highest BCUT2D eigenvalue weighted by Crippen LogP contribution is 2.33. The lowest BCUT2D eigenvalue weighted by atomic mass is 10.0. The van der Waals surface area contributed by atoms with Gasteiger partial charge in [-0.15, -0.1) is 0 Å². The van der Waals surface area contributed by atoms with Gasteiger partial charge in [-0.2, -0.15) is 0 Å². The van der Waals surface area contributed by atoms with Gasteiger partial charge in [-0.25, -0.2) is 4.98 Å². The zero-order valence-corrected chi connectivity index (χ0v) is 12.1. The van der Waals surface area contributed by atoms with Gasteiger partial charge in [0.05, 0.1) is 16.5 Å². The Kier molecular flexibility index (Phi) is 2.77. The van der Waals surface area contributed by atoms with Crippen molar-refractivity contribution in [3.63, 3.8) is 0 Å². The highest BCUT2D eigenvalue weighted by molar-refractivity contribution is 6.18. The predicted molar refractivity (Wildman–Crippen MR) is 89.8 cm³/mol. The van der Waals surface area contributed by atoms with E-state index >= 15 is 0 Å². The van der Waals surface area contributed by atoms with Crippen molar-refractivity contribution in [2.24, 2.45) is 5.73 Å². The fourth-order valence-corrected chi connectivity index (χ4v) is 2.83. The Morgan fingerprint density at radius 3 is 2.74 bits per heavy atom. The Bertz CT molecular complexity index is 1050. The second kappa shape index (κ2) is 4.81. The van der Waals surface area contributed by atoms with Crippen molar-refractivity contribution in [2.45, 2.75) is 0 Å². The lowest BCUT2D eigenvalue weighted by Crippen LogP contribution is -2.12. The van der Waals surface area contributed by atoms with E-state index < -0.39 is 5.91 Å². The van der Waals surface area contributed by atoms with Gasteiger partial charge in [0.1, 0.15) is 5.82 Å². The van der Waals surface area contributed by atoms with E-state index in [1.54, 1.807) is 12.4 Å². The van der Waals surface area contributed by atoms with E-state index in [9.17, 15) is 4.79 Å². The van der Waals surface area contributed by atoms with Crippen molar-refractivity contribution in [1.82, 2.24) is 15.0 Å². The average molecular weight is 303 g/mol. The number of aromatic nitrogens is 3. The van der Waals surface area contributed by atoms with Crippen molar-refractivity contribution in [3.8, 4) is 11.1 Å². The van der Waals surface area contributed by atoms with Crippen molar-refractivity contribution < 1.29 is 4.79 Å². The summed E-state index contributed by atoms with van der Waals surface area (Å²) < 4.78 is 0. The minimum atomic E-state index is -0.540. The monoisotopic (exact) mass is 303 g/mol. The molecule has 0 aliphatic rings. The maximum absolute atomic E-state index is 11.6. The van der Waals surface area contributed by atoms with Gasteiger partial charge in [0.25, 0.3) is 5.91 Å². The molecule has 112 valence electrons. The topological polar surface area (TPSA) is 111 Å². The SMILES string of the molecule is NC(=O)c1cnc(N)c2c1[nH]c1cc(-c3cccnc3)ccc12. The Labute approximate surface area is 131 Å². The number of H-pyrrole nitrogens is 1. The number of rotatable bonds is 2. The third-order valence-corrected chi connectivity index (χ3v) is 3.92. The van der Waals surface area contributed by atoms with Crippen molar-refractivity contribution in [3.05, 3.63) is 54.5 Å². The number of amides is 1. The zero-order chi connectivity index (χ0) is 16.0. The number of aromatic amines is 1. The minimum absolute atomic E-state index is 0.327. The molecular weight excluding hydrogens is 290 g/mol. The molecule has 0 aliphatic heterocycles. The normalized spacial score (nSPS) is 11.1. The molecule has 6 heteroatoms. The van der Waals surface area contributed by atoms with E-state index in [1.165, 1.54) is 6.20 Å². The molecule has 0 fully saturated rings. The molecule has 0 bridgehead atoms. The van der Waals surface area contributed by atoms with Gasteiger partial charge in [0, 0.05) is 35.1 Å². The Morgan fingerprint density at radius 2 is 2.00 bits per heavy atom. The van der Waals surface area contributed by atoms with Crippen LogP contribution < -0.4 is 11.5 Å². The molecule has 4 rings (SSSR count). The smallest absolute Gasteiger partial charge is 0.252 e. The van der Waals surface area contributed by atoms with Crippen LogP contribution in [0.1, 0.15) is 10.4 Å². The minimum Gasteiger partial charge on any atom is -0.383 e. The molecule has 3 aromatic heterocycles. The number of primary amides is 1. The number of carbonyl (C=O) groups is 1. The number of nitrogen functional groups attached to an aromatic ring is 1. The Balaban J connectivity index is 2.04. The summed E-state index contributed by atoms with van der Waals surface area (Å²) in [6, 6.07) is 9.82. The second-order valence-electron chi connectivity index (χ2n) is 5.30. The highest BCUT2D eigenvalue weighted by Gasteiger charge is 2.15. The summed E-state index contributed by atoms with van der Waals surface area (Å²) in [7, 11) is 0. The van der Waals surface area contributed by atoms with E-state index in [-0.39, 0.29) is 0 Å². The van der Waals surface area contributed by atoms with Crippen LogP contribution in [0.2, 0.25) is 0 Å². The van der Waals surface area contributed by atoms with E-state index in [2.05, 4.69) is 15.0 Å². The molecule has 0 saturated heterocycles. The summed E-state index contributed by atoms with van der Waals surface area (Å²) >= 11 is 0. The maximum atomic E-state index is 11.6. The summed E-state index contributed by atoms with van der Waals surface area (Å²) in [5.41, 5.74) is 15.2. The number of nitrogens with zero attached hydrogens (tertiary/aromatic N) is 2. The summed E-state index contributed by atoms with van der Waals surface area (Å²) in [5, 5.41) is 1.62.